The second-order valence-electron chi connectivity index (χ2n) is 4.23. The van der Waals surface area contributed by atoms with Crippen LogP contribution in [0.25, 0.3) is 0 Å². The van der Waals surface area contributed by atoms with E-state index in [0.717, 1.165) is 33.6 Å². The van der Waals surface area contributed by atoms with Crippen molar-refractivity contribution in [1.82, 2.24) is 9.62 Å². The van der Waals surface area contributed by atoms with Crippen LogP contribution in [0.15, 0.2) is 21.7 Å². The predicted molar refractivity (Wildman–Crippen MR) is 86.2 cm³/mol. The minimum Gasteiger partial charge on any atom is -0.396 e. The van der Waals surface area contributed by atoms with Crippen LogP contribution in [-0.2, 0) is 14.8 Å². The molecule has 0 radical (unpaired) electrons. The van der Waals surface area contributed by atoms with Crippen molar-refractivity contribution in [1.29, 1.82) is 0 Å². The van der Waals surface area contributed by atoms with Gasteiger partial charge in [-0.3, -0.25) is 4.79 Å². The standard InChI is InChI=1S/C12H20N2O4S3/c1-14(21(17,18)12-4-2-8-20-12)10-11(16)13-5-9-19-7-3-6-15/h2,4,8,15H,3,5-7,9-10H2,1H3,(H,13,16). The van der Waals surface area contributed by atoms with Gasteiger partial charge < -0.3 is 10.4 Å². The highest BCUT2D eigenvalue weighted by Gasteiger charge is 2.23. The van der Waals surface area contributed by atoms with Gasteiger partial charge in [0.2, 0.25) is 5.91 Å². The second-order valence-corrected chi connectivity index (χ2v) is 8.68. The molecule has 6 nitrogen and oxygen atoms in total. The number of hydrogen-bond acceptors (Lipinski definition) is 6. The van der Waals surface area contributed by atoms with Crippen molar-refractivity contribution in [3.05, 3.63) is 17.5 Å². The molecule has 120 valence electrons. The summed E-state index contributed by atoms with van der Waals surface area (Å²) in [5.41, 5.74) is 0. The number of nitrogens with one attached hydrogen (secondary N) is 1. The number of rotatable bonds is 10. The number of amides is 1. The van der Waals surface area contributed by atoms with Crippen molar-refractivity contribution in [3.8, 4) is 0 Å². The van der Waals surface area contributed by atoms with Crippen molar-refractivity contribution >= 4 is 39.0 Å². The molecule has 0 fully saturated rings. The summed E-state index contributed by atoms with van der Waals surface area (Å²) in [5, 5.41) is 13.0. The quantitative estimate of drug-likeness (QED) is 0.602. The van der Waals surface area contributed by atoms with Gasteiger partial charge in [0.05, 0.1) is 6.54 Å². The van der Waals surface area contributed by atoms with Gasteiger partial charge in [0.15, 0.2) is 0 Å². The molecule has 0 unspecified atom stereocenters. The monoisotopic (exact) mass is 352 g/mol. The van der Waals surface area contributed by atoms with Gasteiger partial charge in [0, 0.05) is 26.0 Å². The van der Waals surface area contributed by atoms with Crippen LogP contribution in [0.3, 0.4) is 0 Å². The summed E-state index contributed by atoms with van der Waals surface area (Å²) >= 11 is 2.77. The molecule has 0 aliphatic heterocycles. The Kier molecular flexibility index (Phi) is 8.27. The van der Waals surface area contributed by atoms with Gasteiger partial charge >= 0.3 is 0 Å². The summed E-state index contributed by atoms with van der Waals surface area (Å²) in [7, 11) is -2.18. The Morgan fingerprint density at radius 2 is 2.24 bits per heavy atom. The number of hydrogen-bond donors (Lipinski definition) is 2. The van der Waals surface area contributed by atoms with Crippen LogP contribution >= 0.6 is 23.1 Å². The summed E-state index contributed by atoms with van der Waals surface area (Å²) in [6.45, 7) is 0.466. The number of sulfonamides is 1. The Morgan fingerprint density at radius 3 is 2.86 bits per heavy atom. The average Bonchev–Trinajstić information content (AvgIpc) is 2.97. The van der Waals surface area contributed by atoms with Crippen molar-refractivity contribution < 1.29 is 18.3 Å². The molecule has 1 rings (SSSR count). The Morgan fingerprint density at radius 1 is 1.48 bits per heavy atom. The van der Waals surface area contributed by atoms with Gasteiger partial charge in [-0.15, -0.1) is 11.3 Å². The van der Waals surface area contributed by atoms with E-state index in [1.807, 2.05) is 0 Å². The topological polar surface area (TPSA) is 86.7 Å². The van der Waals surface area contributed by atoms with Gasteiger partial charge in [-0.05, 0) is 23.6 Å². The van der Waals surface area contributed by atoms with E-state index in [2.05, 4.69) is 5.32 Å². The van der Waals surface area contributed by atoms with E-state index < -0.39 is 10.0 Å². The van der Waals surface area contributed by atoms with Gasteiger partial charge in [0.1, 0.15) is 4.21 Å². The first-order chi connectivity index (χ1) is 9.98. The van der Waals surface area contributed by atoms with Gasteiger partial charge in [-0.25, -0.2) is 8.42 Å². The third kappa shape index (κ3) is 6.35. The normalized spacial score (nSPS) is 11.8. The van der Waals surface area contributed by atoms with Gasteiger partial charge in [0.25, 0.3) is 10.0 Å². The van der Waals surface area contributed by atoms with Crippen molar-refractivity contribution in [3.63, 3.8) is 0 Å². The number of thioether (sulfide) groups is 1. The fourth-order valence-corrected chi connectivity index (χ4v) is 4.55. The number of carbonyl (C=O) groups excluding carboxylic acids is 1. The minimum absolute atomic E-state index is 0.171. The fraction of sp³-hybridized carbons (Fsp3) is 0.583. The van der Waals surface area contributed by atoms with Crippen LogP contribution in [0, 0.1) is 0 Å². The predicted octanol–water partition coefficient (Wildman–Crippen LogP) is 0.600. The van der Waals surface area contributed by atoms with E-state index >= 15 is 0 Å². The lowest BCUT2D eigenvalue weighted by molar-refractivity contribution is -0.121. The zero-order valence-electron chi connectivity index (χ0n) is 11.8. The Balaban J connectivity index is 2.31. The van der Waals surface area contributed by atoms with Gasteiger partial charge in [-0.2, -0.15) is 16.1 Å². The van der Waals surface area contributed by atoms with E-state index in [9.17, 15) is 13.2 Å². The maximum atomic E-state index is 12.1. The first kappa shape index (κ1) is 18.4. The molecule has 1 heterocycles. The first-order valence-electron chi connectivity index (χ1n) is 6.43. The minimum atomic E-state index is -3.58. The van der Waals surface area contributed by atoms with Crippen molar-refractivity contribution in [2.24, 2.45) is 0 Å². The van der Waals surface area contributed by atoms with E-state index in [1.165, 1.54) is 13.1 Å². The lowest BCUT2D eigenvalue weighted by atomic mass is 10.5. The molecule has 2 N–H and O–H groups in total. The molecule has 0 saturated carbocycles. The van der Waals surface area contributed by atoms with Crippen LogP contribution in [0.5, 0.6) is 0 Å². The smallest absolute Gasteiger partial charge is 0.252 e. The molecular weight excluding hydrogens is 332 g/mol. The highest BCUT2D eigenvalue weighted by molar-refractivity contribution is 7.99. The van der Waals surface area contributed by atoms with Crippen LogP contribution in [0.1, 0.15) is 6.42 Å². The molecule has 1 amide bonds. The van der Waals surface area contributed by atoms with Crippen LogP contribution in [0.4, 0.5) is 0 Å². The Labute approximate surface area is 133 Å². The van der Waals surface area contributed by atoms with Crippen LogP contribution < -0.4 is 5.32 Å². The number of nitrogens with zero attached hydrogens (tertiary/aromatic N) is 1. The Bertz CT molecular complexity index is 517. The number of thiophene rings is 1. The number of aliphatic hydroxyl groups excluding tert-OH is 1. The SMILES string of the molecule is CN(CC(=O)NCCSCCCO)S(=O)(=O)c1cccs1. The second kappa shape index (κ2) is 9.42. The molecule has 0 aromatic carbocycles. The molecule has 0 spiro atoms. The number of aliphatic hydroxyl groups is 1. The Hall–Kier alpha value is -0.610. The van der Waals surface area contributed by atoms with Crippen molar-refractivity contribution in [2.45, 2.75) is 10.6 Å². The highest BCUT2D eigenvalue weighted by Crippen LogP contribution is 2.19. The highest BCUT2D eigenvalue weighted by atomic mass is 32.2. The van der Waals surface area contributed by atoms with Crippen LogP contribution in [0.2, 0.25) is 0 Å². The zero-order valence-corrected chi connectivity index (χ0v) is 14.3. The average molecular weight is 353 g/mol. The largest absolute Gasteiger partial charge is 0.396 e. The molecule has 9 heteroatoms. The molecule has 0 saturated heterocycles. The zero-order chi connectivity index (χ0) is 15.7. The summed E-state index contributed by atoms with van der Waals surface area (Å²) in [5.74, 6) is 1.27. The molecular formula is C12H20N2O4S3. The summed E-state index contributed by atoms with van der Waals surface area (Å²) in [4.78, 5) is 11.7. The van der Waals surface area contributed by atoms with Gasteiger partial charge in [-0.1, -0.05) is 6.07 Å². The number of likely N-dealkylation sites (N-methyl/N-ethyl adjacent to an activating group) is 1. The molecule has 1 aromatic heterocycles. The molecule has 0 aliphatic rings. The molecule has 1 aromatic rings. The molecule has 0 bridgehead atoms. The third-order valence-electron chi connectivity index (χ3n) is 2.54. The third-order valence-corrected chi connectivity index (χ3v) is 6.79. The number of carbonyl (C=O) groups is 1. The first-order valence-corrected chi connectivity index (χ1v) is 9.91. The van der Waals surface area contributed by atoms with E-state index in [4.69, 9.17) is 5.11 Å². The lowest BCUT2D eigenvalue weighted by Crippen LogP contribution is -2.38. The van der Waals surface area contributed by atoms with Crippen LogP contribution in [-0.4, -0.2) is 62.0 Å². The summed E-state index contributed by atoms with van der Waals surface area (Å²) in [6, 6.07) is 3.18. The van der Waals surface area contributed by atoms with E-state index in [-0.39, 0.29) is 23.3 Å². The summed E-state index contributed by atoms with van der Waals surface area (Å²) < 4.78 is 25.5. The molecule has 0 atom stereocenters. The maximum Gasteiger partial charge on any atom is 0.252 e. The lowest BCUT2D eigenvalue weighted by Gasteiger charge is -2.15. The molecule has 21 heavy (non-hydrogen) atoms. The van der Waals surface area contributed by atoms with Crippen molar-refractivity contribution in [2.75, 3.05) is 38.2 Å². The van der Waals surface area contributed by atoms with E-state index in [0.29, 0.717) is 6.54 Å². The fourth-order valence-electron chi connectivity index (χ4n) is 1.44. The molecule has 0 aliphatic carbocycles. The summed E-state index contributed by atoms with van der Waals surface area (Å²) in [6.07, 6.45) is 0.737. The van der Waals surface area contributed by atoms with E-state index in [1.54, 1.807) is 23.2 Å². The maximum absolute atomic E-state index is 12.1.